The van der Waals surface area contributed by atoms with E-state index in [1.807, 2.05) is 0 Å². The quantitative estimate of drug-likeness (QED) is 0.722. The number of amides is 1. The smallest absolute Gasteiger partial charge is 0.326 e. The highest BCUT2D eigenvalue weighted by atomic mass is 16.5. The van der Waals surface area contributed by atoms with Gasteiger partial charge in [-0.2, -0.15) is 0 Å². The summed E-state index contributed by atoms with van der Waals surface area (Å²) in [6.45, 7) is 1.51. The Morgan fingerprint density at radius 1 is 1.16 bits per heavy atom. The normalized spacial score (nSPS) is 29.6. The van der Waals surface area contributed by atoms with Gasteiger partial charge in [0.1, 0.15) is 6.54 Å². The number of benzene rings is 1. The maximum atomic E-state index is 12.5. The summed E-state index contributed by atoms with van der Waals surface area (Å²) < 4.78 is 6.37. The number of nitrogens with zero attached hydrogens (tertiary/aromatic N) is 2. The van der Waals surface area contributed by atoms with Crippen molar-refractivity contribution in [1.82, 2.24) is 14.9 Å². The highest BCUT2D eigenvalue weighted by Gasteiger charge is 2.53. The zero-order valence-electron chi connectivity index (χ0n) is 17.9. The van der Waals surface area contributed by atoms with Gasteiger partial charge < -0.3 is 10.1 Å². The van der Waals surface area contributed by atoms with Gasteiger partial charge in [0.05, 0.1) is 17.2 Å². The van der Waals surface area contributed by atoms with Crippen LogP contribution in [0.4, 0.5) is 0 Å². The minimum atomic E-state index is -0.628. The Balaban J connectivity index is 1.15. The summed E-state index contributed by atoms with van der Waals surface area (Å²) in [5.41, 5.74) is 0.482. The molecule has 1 aromatic carbocycles. The summed E-state index contributed by atoms with van der Waals surface area (Å²) in [7, 11) is 0. The van der Waals surface area contributed by atoms with E-state index in [2.05, 4.69) is 17.2 Å². The Kier molecular flexibility index (Phi) is 5.07. The van der Waals surface area contributed by atoms with Gasteiger partial charge in [-0.25, -0.2) is 4.98 Å². The molecule has 1 heterocycles. The van der Waals surface area contributed by atoms with Gasteiger partial charge in [0.15, 0.2) is 6.61 Å². The second kappa shape index (κ2) is 7.77. The molecule has 0 saturated heterocycles. The number of esters is 1. The molecule has 164 valence electrons. The van der Waals surface area contributed by atoms with Crippen LogP contribution in [0, 0.1) is 23.2 Å². The molecule has 4 fully saturated rings. The number of nitrogens with one attached hydrogen (secondary N) is 1. The van der Waals surface area contributed by atoms with Crippen molar-refractivity contribution in [2.75, 3.05) is 6.61 Å². The van der Waals surface area contributed by atoms with Crippen molar-refractivity contribution in [3.63, 3.8) is 0 Å². The van der Waals surface area contributed by atoms with Gasteiger partial charge in [-0.05, 0) is 80.8 Å². The third-order valence-electron chi connectivity index (χ3n) is 7.78. The van der Waals surface area contributed by atoms with E-state index < -0.39 is 5.97 Å². The maximum absolute atomic E-state index is 12.5. The first-order chi connectivity index (χ1) is 14.9. The van der Waals surface area contributed by atoms with E-state index in [0.717, 1.165) is 17.8 Å². The molecule has 2 aromatic rings. The van der Waals surface area contributed by atoms with E-state index in [4.69, 9.17) is 4.74 Å². The molecule has 0 radical (unpaired) electrons. The highest BCUT2D eigenvalue weighted by molar-refractivity contribution is 5.81. The van der Waals surface area contributed by atoms with Crippen molar-refractivity contribution in [1.29, 1.82) is 0 Å². The van der Waals surface area contributed by atoms with Crippen molar-refractivity contribution >= 4 is 22.8 Å². The fourth-order valence-electron chi connectivity index (χ4n) is 6.69. The van der Waals surface area contributed by atoms with Gasteiger partial charge in [-0.3, -0.25) is 19.0 Å². The van der Waals surface area contributed by atoms with Crippen molar-refractivity contribution in [3.05, 3.63) is 40.9 Å². The van der Waals surface area contributed by atoms with E-state index in [1.165, 1.54) is 49.4 Å². The fraction of sp³-hybridized carbons (Fsp3) is 0.583. The van der Waals surface area contributed by atoms with E-state index in [-0.39, 0.29) is 36.1 Å². The molecular formula is C24H29N3O4. The number of ether oxygens (including phenoxy) is 1. The van der Waals surface area contributed by atoms with Crippen LogP contribution < -0.4 is 10.9 Å². The van der Waals surface area contributed by atoms with Gasteiger partial charge in [0, 0.05) is 6.04 Å². The monoisotopic (exact) mass is 423 g/mol. The molecule has 0 unspecified atom stereocenters. The number of hydrogen-bond acceptors (Lipinski definition) is 5. The summed E-state index contributed by atoms with van der Waals surface area (Å²) in [4.78, 5) is 41.4. The molecule has 4 aliphatic carbocycles. The fourth-order valence-corrected chi connectivity index (χ4v) is 6.69. The second-order valence-electron chi connectivity index (χ2n) is 9.92. The van der Waals surface area contributed by atoms with E-state index in [1.54, 1.807) is 24.3 Å². The molecule has 4 bridgehead atoms. The molecule has 4 saturated carbocycles. The number of fused-ring (bicyclic) bond motifs is 1. The molecular weight excluding hydrogens is 394 g/mol. The molecule has 1 N–H and O–H groups in total. The van der Waals surface area contributed by atoms with Crippen LogP contribution in [0.3, 0.4) is 0 Å². The van der Waals surface area contributed by atoms with Crippen LogP contribution in [0.2, 0.25) is 0 Å². The SMILES string of the molecule is C[C@@H](NC(=O)COC(=O)Cn1cnc2ccccc2c1=O)C12CC3CC(CC(C3)C1)C2. The average Bonchev–Trinajstić information content (AvgIpc) is 2.73. The summed E-state index contributed by atoms with van der Waals surface area (Å²) in [6.07, 6.45) is 9.04. The molecule has 0 aliphatic heterocycles. The molecule has 7 heteroatoms. The first-order valence-electron chi connectivity index (χ1n) is 11.3. The Hall–Kier alpha value is -2.70. The zero-order valence-corrected chi connectivity index (χ0v) is 17.9. The topological polar surface area (TPSA) is 90.3 Å². The Morgan fingerprint density at radius 2 is 1.81 bits per heavy atom. The zero-order chi connectivity index (χ0) is 21.6. The largest absolute Gasteiger partial charge is 0.454 e. The lowest BCUT2D eigenvalue weighted by atomic mass is 9.48. The molecule has 4 aliphatic rings. The molecule has 1 aromatic heterocycles. The predicted molar refractivity (Wildman–Crippen MR) is 115 cm³/mol. The van der Waals surface area contributed by atoms with Gasteiger partial charge in [-0.1, -0.05) is 12.1 Å². The lowest BCUT2D eigenvalue weighted by Gasteiger charge is -2.59. The van der Waals surface area contributed by atoms with Crippen LogP contribution in [0.15, 0.2) is 35.4 Å². The number of carbonyl (C=O) groups excluding carboxylic acids is 2. The summed E-state index contributed by atoms with van der Waals surface area (Å²) in [5.74, 6) is 1.55. The van der Waals surface area contributed by atoms with Crippen LogP contribution >= 0.6 is 0 Å². The third kappa shape index (κ3) is 3.86. The average molecular weight is 424 g/mol. The van der Waals surface area contributed by atoms with Gasteiger partial charge in [-0.15, -0.1) is 0 Å². The molecule has 1 atom stereocenters. The van der Waals surface area contributed by atoms with E-state index in [0.29, 0.717) is 10.9 Å². The molecule has 1 amide bonds. The number of rotatable bonds is 6. The molecule has 31 heavy (non-hydrogen) atoms. The number of para-hydroxylation sites is 1. The van der Waals surface area contributed by atoms with Crippen molar-refractivity contribution in [2.45, 2.75) is 58.0 Å². The summed E-state index contributed by atoms with van der Waals surface area (Å²) in [6, 6.07) is 7.06. The minimum absolute atomic E-state index is 0.0828. The van der Waals surface area contributed by atoms with Gasteiger partial charge >= 0.3 is 5.97 Å². The second-order valence-corrected chi connectivity index (χ2v) is 9.92. The number of aromatic nitrogens is 2. The summed E-state index contributed by atoms with van der Waals surface area (Å²) in [5, 5.41) is 3.54. The van der Waals surface area contributed by atoms with Crippen LogP contribution in [0.25, 0.3) is 10.9 Å². The van der Waals surface area contributed by atoms with Crippen LogP contribution in [-0.4, -0.2) is 34.1 Å². The maximum Gasteiger partial charge on any atom is 0.326 e. The Labute approximate surface area is 181 Å². The molecule has 0 spiro atoms. The van der Waals surface area contributed by atoms with E-state index >= 15 is 0 Å². The number of hydrogen-bond donors (Lipinski definition) is 1. The van der Waals surface area contributed by atoms with Crippen molar-refractivity contribution in [3.8, 4) is 0 Å². The Bertz CT molecular complexity index is 1040. The summed E-state index contributed by atoms with van der Waals surface area (Å²) >= 11 is 0. The highest BCUT2D eigenvalue weighted by Crippen LogP contribution is 2.61. The standard InChI is InChI=1S/C24H29N3O4/c1-15(24-9-16-6-17(10-24)8-18(7-16)11-24)26-21(28)13-31-22(29)12-27-14-25-20-5-3-2-4-19(20)23(27)30/h2-5,14-18H,6-13H2,1H3,(H,26,28)/t15-,16?,17?,18?,24?/m1/s1. The van der Waals surface area contributed by atoms with Crippen LogP contribution in [-0.2, 0) is 20.9 Å². The minimum Gasteiger partial charge on any atom is -0.454 e. The first kappa shape index (κ1) is 20.2. The lowest BCUT2D eigenvalue weighted by molar-refractivity contribution is -0.150. The number of carbonyl (C=O) groups is 2. The van der Waals surface area contributed by atoms with Crippen molar-refractivity contribution < 1.29 is 14.3 Å². The van der Waals surface area contributed by atoms with Crippen molar-refractivity contribution in [2.24, 2.45) is 23.2 Å². The van der Waals surface area contributed by atoms with Crippen LogP contribution in [0.5, 0.6) is 0 Å². The Morgan fingerprint density at radius 3 is 2.48 bits per heavy atom. The van der Waals surface area contributed by atoms with Crippen LogP contribution in [0.1, 0.15) is 45.4 Å². The van der Waals surface area contributed by atoms with E-state index in [9.17, 15) is 14.4 Å². The predicted octanol–water partition coefficient (Wildman–Crippen LogP) is 2.66. The molecule has 6 rings (SSSR count). The van der Waals surface area contributed by atoms with Gasteiger partial charge in [0.2, 0.25) is 0 Å². The van der Waals surface area contributed by atoms with Gasteiger partial charge in [0.25, 0.3) is 11.5 Å². The lowest BCUT2D eigenvalue weighted by Crippen LogP contribution is -2.56. The third-order valence-corrected chi connectivity index (χ3v) is 7.78. The molecule has 7 nitrogen and oxygen atoms in total. The first-order valence-corrected chi connectivity index (χ1v) is 11.3.